The lowest BCUT2D eigenvalue weighted by Crippen LogP contribution is -1.91. The van der Waals surface area contributed by atoms with E-state index in [0.717, 1.165) is 11.4 Å². The van der Waals surface area contributed by atoms with Crippen LogP contribution in [-0.2, 0) is 0 Å². The van der Waals surface area contributed by atoms with Gasteiger partial charge in [-0.3, -0.25) is 4.99 Å². The number of hydrogen-bond donors (Lipinski definition) is 1. The average molecular weight is 241 g/mol. The number of aromatic hydroxyl groups is 1. The zero-order valence-electron chi connectivity index (χ0n) is 10.2. The number of aliphatic imine (C=N–C) groups is 1. The average Bonchev–Trinajstić information content (AvgIpc) is 2.40. The molecule has 0 radical (unpaired) electrons. The van der Waals surface area contributed by atoms with E-state index in [1.165, 1.54) is 0 Å². The number of para-hydroxylation sites is 3. The van der Waals surface area contributed by atoms with Crippen LogP contribution in [0.2, 0.25) is 0 Å². The SMILES string of the molecule is CCOc1ccccc1N=Cc1ccccc1O. The van der Waals surface area contributed by atoms with Crippen molar-refractivity contribution in [3.63, 3.8) is 0 Å². The smallest absolute Gasteiger partial charge is 0.144 e. The van der Waals surface area contributed by atoms with Crippen LogP contribution in [0, 0.1) is 0 Å². The van der Waals surface area contributed by atoms with Crippen LogP contribution in [0.4, 0.5) is 5.69 Å². The highest BCUT2D eigenvalue weighted by Gasteiger charge is 2.00. The molecule has 0 fully saturated rings. The third kappa shape index (κ3) is 2.88. The van der Waals surface area contributed by atoms with Crippen molar-refractivity contribution >= 4 is 11.9 Å². The van der Waals surface area contributed by atoms with E-state index in [1.807, 2.05) is 43.3 Å². The summed E-state index contributed by atoms with van der Waals surface area (Å²) in [5.74, 6) is 0.960. The first-order valence-corrected chi connectivity index (χ1v) is 5.85. The van der Waals surface area contributed by atoms with Crippen molar-refractivity contribution < 1.29 is 9.84 Å². The summed E-state index contributed by atoms with van der Waals surface area (Å²) >= 11 is 0. The summed E-state index contributed by atoms with van der Waals surface area (Å²) in [4.78, 5) is 4.35. The van der Waals surface area contributed by atoms with Gasteiger partial charge in [-0.25, -0.2) is 0 Å². The number of rotatable bonds is 4. The minimum atomic E-state index is 0.218. The lowest BCUT2D eigenvalue weighted by molar-refractivity contribution is 0.341. The third-order valence-electron chi connectivity index (χ3n) is 2.44. The highest BCUT2D eigenvalue weighted by molar-refractivity contribution is 5.85. The van der Waals surface area contributed by atoms with Crippen LogP contribution in [0.1, 0.15) is 12.5 Å². The summed E-state index contributed by atoms with van der Waals surface area (Å²) in [7, 11) is 0. The molecular weight excluding hydrogens is 226 g/mol. The van der Waals surface area contributed by atoms with E-state index in [-0.39, 0.29) is 5.75 Å². The molecule has 2 rings (SSSR count). The molecule has 0 heterocycles. The van der Waals surface area contributed by atoms with Crippen LogP contribution in [0.25, 0.3) is 0 Å². The molecule has 0 aliphatic rings. The lowest BCUT2D eigenvalue weighted by atomic mass is 10.2. The van der Waals surface area contributed by atoms with Crippen LogP contribution in [-0.4, -0.2) is 17.9 Å². The molecule has 18 heavy (non-hydrogen) atoms. The predicted octanol–water partition coefficient (Wildman–Crippen LogP) is 3.54. The minimum absolute atomic E-state index is 0.218. The summed E-state index contributed by atoms with van der Waals surface area (Å²) in [5, 5.41) is 9.64. The molecule has 0 amide bonds. The lowest BCUT2D eigenvalue weighted by Gasteiger charge is -2.05. The maximum absolute atomic E-state index is 9.64. The van der Waals surface area contributed by atoms with E-state index >= 15 is 0 Å². The standard InChI is InChI=1S/C15H15NO2/c1-2-18-15-10-6-4-8-13(15)16-11-12-7-3-5-9-14(12)17/h3-11,17H,2H2,1H3. The molecule has 0 spiro atoms. The molecule has 3 heteroatoms. The van der Waals surface area contributed by atoms with E-state index in [9.17, 15) is 5.11 Å². The summed E-state index contributed by atoms with van der Waals surface area (Å²) in [6, 6.07) is 14.6. The molecular formula is C15H15NO2. The third-order valence-corrected chi connectivity index (χ3v) is 2.44. The van der Waals surface area contributed by atoms with Crippen molar-refractivity contribution in [3.05, 3.63) is 54.1 Å². The van der Waals surface area contributed by atoms with Gasteiger partial charge in [0.05, 0.1) is 6.61 Å². The van der Waals surface area contributed by atoms with Gasteiger partial charge in [0.25, 0.3) is 0 Å². The number of hydrogen-bond acceptors (Lipinski definition) is 3. The van der Waals surface area contributed by atoms with Gasteiger partial charge in [-0.05, 0) is 31.2 Å². The molecule has 92 valence electrons. The molecule has 0 aromatic heterocycles. The Kier molecular flexibility index (Phi) is 3.97. The molecule has 2 aromatic carbocycles. The Morgan fingerprint density at radius 3 is 2.61 bits per heavy atom. The fraction of sp³-hybridized carbons (Fsp3) is 0.133. The largest absolute Gasteiger partial charge is 0.507 e. The van der Waals surface area contributed by atoms with Crippen LogP contribution in [0.3, 0.4) is 0 Å². The maximum Gasteiger partial charge on any atom is 0.144 e. The zero-order chi connectivity index (χ0) is 12.8. The molecule has 0 saturated heterocycles. The molecule has 0 atom stereocenters. The predicted molar refractivity (Wildman–Crippen MR) is 73.0 cm³/mol. The Balaban J connectivity index is 2.26. The van der Waals surface area contributed by atoms with Gasteiger partial charge in [0.1, 0.15) is 17.2 Å². The van der Waals surface area contributed by atoms with Gasteiger partial charge < -0.3 is 9.84 Å². The van der Waals surface area contributed by atoms with Crippen molar-refractivity contribution in [2.24, 2.45) is 4.99 Å². The van der Waals surface area contributed by atoms with Gasteiger partial charge in [-0.15, -0.1) is 0 Å². The first-order valence-electron chi connectivity index (χ1n) is 5.85. The topological polar surface area (TPSA) is 41.8 Å². The van der Waals surface area contributed by atoms with Crippen LogP contribution in [0.15, 0.2) is 53.5 Å². The Labute approximate surface area is 106 Å². The number of nitrogens with zero attached hydrogens (tertiary/aromatic N) is 1. The Bertz CT molecular complexity index is 550. The molecule has 1 N–H and O–H groups in total. The second-order valence-electron chi connectivity index (χ2n) is 3.72. The van der Waals surface area contributed by atoms with Crippen LogP contribution >= 0.6 is 0 Å². The summed E-state index contributed by atoms with van der Waals surface area (Å²) < 4.78 is 5.48. The molecule has 3 nitrogen and oxygen atoms in total. The molecule has 0 bridgehead atoms. The first kappa shape index (κ1) is 12.2. The van der Waals surface area contributed by atoms with Gasteiger partial charge >= 0.3 is 0 Å². The number of phenolic OH excluding ortho intramolecular Hbond substituents is 1. The van der Waals surface area contributed by atoms with Crippen molar-refractivity contribution in [3.8, 4) is 11.5 Å². The Hall–Kier alpha value is -2.29. The Morgan fingerprint density at radius 1 is 1.11 bits per heavy atom. The van der Waals surface area contributed by atoms with Crippen molar-refractivity contribution in [1.29, 1.82) is 0 Å². The summed E-state index contributed by atoms with van der Waals surface area (Å²) in [6.07, 6.45) is 1.63. The van der Waals surface area contributed by atoms with E-state index < -0.39 is 0 Å². The quantitative estimate of drug-likeness (QED) is 0.832. The second kappa shape index (κ2) is 5.87. The number of benzene rings is 2. The normalized spacial score (nSPS) is 10.7. The minimum Gasteiger partial charge on any atom is -0.507 e. The fourth-order valence-corrected chi connectivity index (χ4v) is 1.58. The number of phenols is 1. The van der Waals surface area contributed by atoms with Crippen LogP contribution in [0.5, 0.6) is 11.5 Å². The fourth-order valence-electron chi connectivity index (χ4n) is 1.58. The van der Waals surface area contributed by atoms with E-state index in [2.05, 4.69) is 4.99 Å². The summed E-state index contributed by atoms with van der Waals surface area (Å²) in [6.45, 7) is 2.53. The molecule has 2 aromatic rings. The molecule has 0 aliphatic carbocycles. The molecule has 0 aliphatic heterocycles. The second-order valence-corrected chi connectivity index (χ2v) is 3.72. The van der Waals surface area contributed by atoms with Crippen molar-refractivity contribution in [1.82, 2.24) is 0 Å². The van der Waals surface area contributed by atoms with Gasteiger partial charge in [0.2, 0.25) is 0 Å². The molecule has 0 unspecified atom stereocenters. The van der Waals surface area contributed by atoms with Crippen molar-refractivity contribution in [2.45, 2.75) is 6.92 Å². The van der Waals surface area contributed by atoms with E-state index in [4.69, 9.17) is 4.74 Å². The highest BCUT2D eigenvalue weighted by Crippen LogP contribution is 2.27. The van der Waals surface area contributed by atoms with Gasteiger partial charge in [-0.2, -0.15) is 0 Å². The number of ether oxygens (including phenoxy) is 1. The van der Waals surface area contributed by atoms with Crippen LogP contribution < -0.4 is 4.74 Å². The first-order chi connectivity index (χ1) is 8.81. The van der Waals surface area contributed by atoms with Gasteiger partial charge in [0.15, 0.2) is 0 Å². The molecule has 0 saturated carbocycles. The van der Waals surface area contributed by atoms with Gasteiger partial charge in [-0.1, -0.05) is 24.3 Å². The van der Waals surface area contributed by atoms with E-state index in [0.29, 0.717) is 12.2 Å². The zero-order valence-corrected chi connectivity index (χ0v) is 10.2. The maximum atomic E-state index is 9.64. The monoisotopic (exact) mass is 241 g/mol. The van der Waals surface area contributed by atoms with E-state index in [1.54, 1.807) is 18.3 Å². The van der Waals surface area contributed by atoms with Crippen molar-refractivity contribution in [2.75, 3.05) is 6.61 Å². The summed E-state index contributed by atoms with van der Waals surface area (Å²) in [5.41, 5.74) is 1.44. The Morgan fingerprint density at radius 2 is 1.83 bits per heavy atom. The van der Waals surface area contributed by atoms with Gasteiger partial charge in [0, 0.05) is 11.8 Å². The highest BCUT2D eigenvalue weighted by atomic mass is 16.5.